The highest BCUT2D eigenvalue weighted by molar-refractivity contribution is 5.74. The van der Waals surface area contributed by atoms with Gasteiger partial charge < -0.3 is 9.30 Å². The van der Waals surface area contributed by atoms with Crippen LogP contribution in [-0.2, 0) is 18.3 Å². The second-order valence-electron chi connectivity index (χ2n) is 6.58. The Hall–Kier alpha value is -2.38. The van der Waals surface area contributed by atoms with E-state index in [0.717, 1.165) is 47.8 Å². The van der Waals surface area contributed by atoms with Crippen molar-refractivity contribution in [1.82, 2.24) is 29.6 Å². The monoisotopic (exact) mass is 338 g/mol. The van der Waals surface area contributed by atoms with Crippen molar-refractivity contribution in [2.24, 2.45) is 7.05 Å². The molecule has 2 aromatic heterocycles. The molecular formula is C18H22N6O. The minimum atomic E-state index is 0.171. The molecule has 1 aliphatic heterocycles. The number of hydrogen-bond donors (Lipinski definition) is 0. The van der Waals surface area contributed by atoms with Crippen molar-refractivity contribution < 1.29 is 4.74 Å². The van der Waals surface area contributed by atoms with Gasteiger partial charge in [0.05, 0.1) is 34.6 Å². The van der Waals surface area contributed by atoms with Gasteiger partial charge in [-0.05, 0) is 25.5 Å². The van der Waals surface area contributed by atoms with Crippen LogP contribution in [0, 0.1) is 6.92 Å². The summed E-state index contributed by atoms with van der Waals surface area (Å²) in [5, 5.41) is 8.35. The molecule has 4 rings (SSSR count). The summed E-state index contributed by atoms with van der Waals surface area (Å²) in [6, 6.07) is 8.16. The molecule has 1 saturated heterocycles. The van der Waals surface area contributed by atoms with Crippen molar-refractivity contribution in [1.29, 1.82) is 0 Å². The highest BCUT2D eigenvalue weighted by Gasteiger charge is 2.36. The van der Waals surface area contributed by atoms with Gasteiger partial charge in [-0.1, -0.05) is 12.1 Å². The van der Waals surface area contributed by atoms with E-state index in [9.17, 15) is 0 Å². The zero-order valence-corrected chi connectivity index (χ0v) is 14.8. The number of nitrogens with zero attached hydrogens (tertiary/aromatic N) is 6. The van der Waals surface area contributed by atoms with E-state index < -0.39 is 0 Å². The molecule has 1 aromatic carbocycles. The summed E-state index contributed by atoms with van der Waals surface area (Å²) in [6.45, 7) is 3.60. The van der Waals surface area contributed by atoms with E-state index in [1.807, 2.05) is 42.8 Å². The van der Waals surface area contributed by atoms with Crippen molar-refractivity contribution in [2.45, 2.75) is 32.0 Å². The second-order valence-corrected chi connectivity index (χ2v) is 6.58. The van der Waals surface area contributed by atoms with Crippen LogP contribution >= 0.6 is 0 Å². The van der Waals surface area contributed by atoms with Gasteiger partial charge in [0.1, 0.15) is 12.2 Å². The van der Waals surface area contributed by atoms with E-state index in [1.165, 1.54) is 0 Å². The lowest BCUT2D eigenvalue weighted by atomic mass is 10.1. The van der Waals surface area contributed by atoms with E-state index in [4.69, 9.17) is 14.7 Å². The van der Waals surface area contributed by atoms with E-state index in [2.05, 4.69) is 15.1 Å². The number of likely N-dealkylation sites (tertiary alicyclic amines) is 1. The first-order valence-corrected chi connectivity index (χ1v) is 8.48. The van der Waals surface area contributed by atoms with Gasteiger partial charge in [-0.3, -0.25) is 4.90 Å². The van der Waals surface area contributed by atoms with E-state index in [0.29, 0.717) is 0 Å². The average Bonchev–Trinajstić information content (AvgIpc) is 3.21. The van der Waals surface area contributed by atoms with Crippen LogP contribution in [0.25, 0.3) is 11.0 Å². The summed E-state index contributed by atoms with van der Waals surface area (Å²) in [4.78, 5) is 11.9. The summed E-state index contributed by atoms with van der Waals surface area (Å²) in [5.74, 6) is 0.964. The van der Waals surface area contributed by atoms with Crippen LogP contribution in [0.15, 0.2) is 30.6 Å². The fourth-order valence-corrected chi connectivity index (χ4v) is 3.54. The molecule has 0 spiro atoms. The Kier molecular flexibility index (Phi) is 4.19. The SMILES string of the molecule is CO[C@@H]1C[C@@H](c2nncn2C)N(Cc2nc3ccccc3nc2C)C1. The maximum absolute atomic E-state index is 5.61. The van der Waals surface area contributed by atoms with E-state index in [1.54, 1.807) is 13.4 Å². The van der Waals surface area contributed by atoms with Gasteiger partial charge in [0.25, 0.3) is 0 Å². The van der Waals surface area contributed by atoms with Crippen LogP contribution in [0.3, 0.4) is 0 Å². The third kappa shape index (κ3) is 3.01. The van der Waals surface area contributed by atoms with Gasteiger partial charge in [-0.15, -0.1) is 10.2 Å². The number of rotatable bonds is 4. The van der Waals surface area contributed by atoms with Crippen LogP contribution in [0.1, 0.15) is 29.7 Å². The lowest BCUT2D eigenvalue weighted by molar-refractivity contribution is 0.107. The van der Waals surface area contributed by atoms with Gasteiger partial charge in [-0.2, -0.15) is 0 Å². The van der Waals surface area contributed by atoms with Gasteiger partial charge in [0.15, 0.2) is 0 Å². The van der Waals surface area contributed by atoms with Crippen molar-refractivity contribution >= 4 is 11.0 Å². The standard InChI is InChI=1S/C18H22N6O/c1-12-16(21-15-7-5-4-6-14(15)20-12)10-24-9-13(25-3)8-17(24)18-22-19-11-23(18)2/h4-7,11,13,17H,8-10H2,1-3H3/t13-,17+/m1/s1. The zero-order chi connectivity index (χ0) is 17.4. The van der Waals surface area contributed by atoms with Crippen molar-refractivity contribution in [3.05, 3.63) is 47.8 Å². The molecule has 0 saturated carbocycles. The van der Waals surface area contributed by atoms with Crippen molar-refractivity contribution in [2.75, 3.05) is 13.7 Å². The number of para-hydroxylation sites is 2. The molecule has 0 aliphatic carbocycles. The van der Waals surface area contributed by atoms with Crippen LogP contribution in [-0.4, -0.2) is 49.4 Å². The fourth-order valence-electron chi connectivity index (χ4n) is 3.54. The number of hydrogen-bond acceptors (Lipinski definition) is 6. The molecule has 2 atom stereocenters. The quantitative estimate of drug-likeness (QED) is 0.725. The van der Waals surface area contributed by atoms with Crippen molar-refractivity contribution in [3.8, 4) is 0 Å². The number of benzene rings is 1. The normalized spacial score (nSPS) is 21.2. The first-order chi connectivity index (χ1) is 12.2. The van der Waals surface area contributed by atoms with Crippen LogP contribution in [0.2, 0.25) is 0 Å². The predicted molar refractivity (Wildman–Crippen MR) is 93.8 cm³/mol. The molecule has 0 unspecified atom stereocenters. The number of fused-ring (bicyclic) bond motifs is 1. The third-order valence-corrected chi connectivity index (χ3v) is 4.94. The molecule has 7 heteroatoms. The zero-order valence-electron chi connectivity index (χ0n) is 14.8. The van der Waals surface area contributed by atoms with Gasteiger partial charge in [0, 0.05) is 27.2 Å². The lowest BCUT2D eigenvalue weighted by Crippen LogP contribution is -2.27. The van der Waals surface area contributed by atoms with E-state index in [-0.39, 0.29) is 12.1 Å². The maximum Gasteiger partial charge on any atom is 0.150 e. The number of aromatic nitrogens is 5. The highest BCUT2D eigenvalue weighted by Crippen LogP contribution is 2.33. The average molecular weight is 338 g/mol. The smallest absolute Gasteiger partial charge is 0.150 e. The molecule has 0 radical (unpaired) electrons. The highest BCUT2D eigenvalue weighted by atomic mass is 16.5. The van der Waals surface area contributed by atoms with Gasteiger partial charge in [0.2, 0.25) is 0 Å². The summed E-state index contributed by atoms with van der Waals surface area (Å²) >= 11 is 0. The molecule has 3 aromatic rings. The summed E-state index contributed by atoms with van der Waals surface area (Å²) in [6.07, 6.45) is 2.84. The predicted octanol–water partition coefficient (Wildman–Crippen LogP) is 2.03. The Bertz CT molecular complexity index is 892. The second kappa shape index (κ2) is 6.50. The summed E-state index contributed by atoms with van der Waals surface area (Å²) in [5.41, 5.74) is 3.84. The Balaban J connectivity index is 1.66. The van der Waals surface area contributed by atoms with Gasteiger partial charge >= 0.3 is 0 Å². The Labute approximate surface area is 146 Å². The maximum atomic E-state index is 5.61. The molecule has 0 amide bonds. The minimum Gasteiger partial charge on any atom is -0.380 e. The molecule has 130 valence electrons. The molecule has 1 fully saturated rings. The van der Waals surface area contributed by atoms with Crippen LogP contribution in [0.4, 0.5) is 0 Å². The largest absolute Gasteiger partial charge is 0.380 e. The molecule has 0 N–H and O–H groups in total. The Morgan fingerprint density at radius 2 is 1.96 bits per heavy atom. The minimum absolute atomic E-state index is 0.171. The summed E-state index contributed by atoms with van der Waals surface area (Å²) in [7, 11) is 3.75. The van der Waals surface area contributed by atoms with Crippen molar-refractivity contribution in [3.63, 3.8) is 0 Å². The van der Waals surface area contributed by atoms with Gasteiger partial charge in [-0.25, -0.2) is 9.97 Å². The Morgan fingerprint density at radius 1 is 1.20 bits per heavy atom. The molecule has 3 heterocycles. The lowest BCUT2D eigenvalue weighted by Gasteiger charge is -2.23. The number of ether oxygens (including phenoxy) is 1. The van der Waals surface area contributed by atoms with Crippen LogP contribution < -0.4 is 0 Å². The molecule has 7 nitrogen and oxygen atoms in total. The Morgan fingerprint density at radius 3 is 2.64 bits per heavy atom. The molecule has 25 heavy (non-hydrogen) atoms. The summed E-state index contributed by atoms with van der Waals surface area (Å²) < 4.78 is 7.59. The van der Waals surface area contributed by atoms with E-state index >= 15 is 0 Å². The number of aryl methyl sites for hydroxylation is 2. The molecule has 0 bridgehead atoms. The first-order valence-electron chi connectivity index (χ1n) is 8.48. The number of methoxy groups -OCH3 is 1. The topological polar surface area (TPSA) is 69.0 Å². The first kappa shape index (κ1) is 16.1. The molecule has 1 aliphatic rings. The third-order valence-electron chi connectivity index (χ3n) is 4.94. The fraction of sp³-hybridized carbons (Fsp3) is 0.444. The molecular weight excluding hydrogens is 316 g/mol. The van der Waals surface area contributed by atoms with Crippen LogP contribution in [0.5, 0.6) is 0 Å².